The number of fused-ring (bicyclic) bond motifs is 5. The fraction of sp³-hybridized carbons (Fsp3) is 0.488. The van der Waals surface area contributed by atoms with Crippen molar-refractivity contribution in [1.82, 2.24) is 36.1 Å². The van der Waals surface area contributed by atoms with Crippen molar-refractivity contribution in [2.75, 3.05) is 13.1 Å². The SMILES string of the molecule is CC[C@H](C)[C@@H]1NC(=O)[C@@H]2CCCN2C(=O)[C@H](Cc2ccccc2)NC(=O)c2csc(n2)[C@@H]2CCCN2C(=O)[C@H](Cc2ccccc2)NC(=O)[C@H]([C@H](C)O)NC1=O. The molecule has 0 aliphatic carbocycles. The molecule has 15 heteroatoms. The number of hydrogen-bond donors (Lipinski definition) is 5. The zero-order valence-electron chi connectivity index (χ0n) is 32.0. The molecule has 2 saturated heterocycles. The Morgan fingerprint density at radius 1 is 0.714 bits per heavy atom. The molecule has 0 unspecified atom stereocenters. The fourth-order valence-corrected chi connectivity index (χ4v) is 8.67. The molecule has 5 N–H and O–H groups in total. The molecule has 4 heterocycles. The molecule has 0 radical (unpaired) electrons. The van der Waals surface area contributed by atoms with Gasteiger partial charge in [0.25, 0.3) is 5.91 Å². The minimum Gasteiger partial charge on any atom is -0.391 e. The Morgan fingerprint density at radius 2 is 1.23 bits per heavy atom. The maximum Gasteiger partial charge on any atom is 0.271 e. The zero-order chi connectivity index (χ0) is 39.9. The summed E-state index contributed by atoms with van der Waals surface area (Å²) in [5, 5.41) is 24.2. The highest BCUT2D eigenvalue weighted by molar-refractivity contribution is 7.09. The highest BCUT2D eigenvalue weighted by Gasteiger charge is 2.42. The maximum atomic E-state index is 14.4. The number of carbonyl (C=O) groups excluding carboxylic acids is 6. The first kappa shape index (κ1) is 40.5. The largest absolute Gasteiger partial charge is 0.391 e. The van der Waals surface area contributed by atoms with Crippen LogP contribution < -0.4 is 21.3 Å². The van der Waals surface area contributed by atoms with E-state index in [-0.39, 0.29) is 31.0 Å². The van der Waals surface area contributed by atoms with Gasteiger partial charge in [0.15, 0.2) is 0 Å². The molecule has 6 rings (SSSR count). The Labute approximate surface area is 330 Å². The van der Waals surface area contributed by atoms with Crippen LogP contribution in [0.25, 0.3) is 0 Å². The topological polar surface area (TPSA) is 190 Å². The first-order valence-electron chi connectivity index (χ1n) is 19.5. The lowest BCUT2D eigenvalue weighted by molar-refractivity contribution is -0.141. The average molecular weight is 786 g/mol. The van der Waals surface area contributed by atoms with Crippen molar-refractivity contribution in [3.8, 4) is 0 Å². The number of benzene rings is 2. The van der Waals surface area contributed by atoms with E-state index in [0.29, 0.717) is 43.7 Å². The lowest BCUT2D eigenvalue weighted by Crippen LogP contribution is -2.62. The lowest BCUT2D eigenvalue weighted by Gasteiger charge is -2.32. The predicted molar refractivity (Wildman–Crippen MR) is 209 cm³/mol. The minimum absolute atomic E-state index is 0.103. The molecule has 2 fully saturated rings. The van der Waals surface area contributed by atoms with Crippen molar-refractivity contribution in [1.29, 1.82) is 0 Å². The number of aliphatic hydroxyl groups is 1. The number of amides is 6. The second-order valence-corrected chi connectivity index (χ2v) is 15.9. The molecule has 8 atom stereocenters. The van der Waals surface area contributed by atoms with E-state index in [1.165, 1.54) is 23.2 Å². The van der Waals surface area contributed by atoms with Crippen molar-refractivity contribution in [3.05, 3.63) is 87.9 Å². The third-order valence-electron chi connectivity index (χ3n) is 11.1. The van der Waals surface area contributed by atoms with Crippen LogP contribution in [-0.2, 0) is 36.8 Å². The van der Waals surface area contributed by atoms with Gasteiger partial charge in [-0.2, -0.15) is 0 Å². The van der Waals surface area contributed by atoms with Gasteiger partial charge in [-0.15, -0.1) is 11.3 Å². The number of carbonyl (C=O) groups is 6. The van der Waals surface area contributed by atoms with E-state index in [1.807, 2.05) is 67.6 Å². The molecule has 3 aliphatic rings. The quantitative estimate of drug-likeness (QED) is 0.241. The lowest BCUT2D eigenvalue weighted by atomic mass is 9.96. The molecular weight excluding hydrogens is 735 g/mol. The molecule has 0 spiro atoms. The average Bonchev–Trinajstić information content (AvgIpc) is 3.99. The molecule has 2 bridgehead atoms. The van der Waals surface area contributed by atoms with Crippen LogP contribution in [0.5, 0.6) is 0 Å². The number of nitrogens with one attached hydrogen (secondary N) is 4. The Kier molecular flexibility index (Phi) is 13.2. The van der Waals surface area contributed by atoms with Crippen LogP contribution in [0.15, 0.2) is 66.0 Å². The number of hydrogen-bond acceptors (Lipinski definition) is 9. The van der Waals surface area contributed by atoms with Gasteiger partial charge in [-0.3, -0.25) is 28.8 Å². The van der Waals surface area contributed by atoms with Crippen LogP contribution in [0.2, 0.25) is 0 Å². The van der Waals surface area contributed by atoms with E-state index in [1.54, 1.807) is 17.2 Å². The first-order chi connectivity index (χ1) is 26.9. The van der Waals surface area contributed by atoms with Crippen LogP contribution in [0, 0.1) is 5.92 Å². The van der Waals surface area contributed by atoms with Gasteiger partial charge in [0.2, 0.25) is 29.5 Å². The molecule has 3 aromatic rings. The van der Waals surface area contributed by atoms with Crippen LogP contribution in [0.4, 0.5) is 0 Å². The second-order valence-electron chi connectivity index (χ2n) is 15.0. The van der Waals surface area contributed by atoms with Gasteiger partial charge < -0.3 is 36.2 Å². The second kappa shape index (κ2) is 18.2. The Balaban J connectivity index is 1.39. The standard InChI is InChI=1S/C41H51N7O7S/c1-4-24(2)33-37(52)46-34(25(3)49)38(53)43-29(22-27-15-9-6-10-16-27)41(55)48-20-12-18-32(48)39-44-30(23-56-39)35(50)42-28(21-26-13-7-5-8-14-26)40(54)47-19-11-17-31(47)36(51)45-33/h5-10,13-16,23-25,28-29,31-34,49H,4,11-12,17-22H2,1-3H3,(H,42,50)(H,43,53)(H,45,51)(H,46,52)/t24-,25-,28-,29-,31-,32-,33-,34-/m0/s1. The third kappa shape index (κ3) is 9.27. The van der Waals surface area contributed by atoms with E-state index in [4.69, 9.17) is 0 Å². The molecular formula is C41H51N7O7S. The summed E-state index contributed by atoms with van der Waals surface area (Å²) in [5.74, 6) is -3.74. The van der Waals surface area contributed by atoms with Crippen LogP contribution >= 0.6 is 11.3 Å². The van der Waals surface area contributed by atoms with Crippen molar-refractivity contribution in [2.45, 2.75) is 108 Å². The summed E-state index contributed by atoms with van der Waals surface area (Å²) in [6.45, 7) is 5.69. The van der Waals surface area contributed by atoms with Crippen molar-refractivity contribution < 1.29 is 33.9 Å². The van der Waals surface area contributed by atoms with Gasteiger partial charge in [-0.25, -0.2) is 4.98 Å². The summed E-state index contributed by atoms with van der Waals surface area (Å²) in [6.07, 6.45) is 1.58. The smallest absolute Gasteiger partial charge is 0.271 e. The summed E-state index contributed by atoms with van der Waals surface area (Å²) >= 11 is 1.24. The highest BCUT2D eigenvalue weighted by Crippen LogP contribution is 2.35. The summed E-state index contributed by atoms with van der Waals surface area (Å²) in [6, 6.07) is 12.4. The van der Waals surface area contributed by atoms with Crippen LogP contribution in [0.1, 0.15) is 85.5 Å². The van der Waals surface area contributed by atoms with Crippen LogP contribution in [-0.4, -0.2) is 105 Å². The maximum absolute atomic E-state index is 14.4. The summed E-state index contributed by atoms with van der Waals surface area (Å²) in [7, 11) is 0. The van der Waals surface area contributed by atoms with Crippen molar-refractivity contribution in [2.24, 2.45) is 5.92 Å². The number of nitrogens with zero attached hydrogens (tertiary/aromatic N) is 3. The van der Waals surface area contributed by atoms with Crippen molar-refractivity contribution >= 4 is 46.8 Å². The number of aromatic nitrogens is 1. The molecule has 2 aromatic carbocycles. The summed E-state index contributed by atoms with van der Waals surface area (Å²) in [4.78, 5) is 92.5. The van der Waals surface area contributed by atoms with E-state index < -0.39 is 77.8 Å². The third-order valence-corrected chi connectivity index (χ3v) is 12.0. The van der Waals surface area contributed by atoms with Gasteiger partial charge in [-0.1, -0.05) is 80.9 Å². The van der Waals surface area contributed by atoms with E-state index in [9.17, 15) is 33.9 Å². The number of rotatable bonds is 7. The molecule has 298 valence electrons. The Bertz CT molecular complexity index is 1890. The Hall–Kier alpha value is -5.15. The normalized spacial score (nSPS) is 26.6. The first-order valence-corrected chi connectivity index (χ1v) is 20.4. The summed E-state index contributed by atoms with van der Waals surface area (Å²) in [5.41, 5.74) is 1.70. The molecule has 6 amide bonds. The van der Waals surface area contributed by atoms with E-state index >= 15 is 0 Å². The zero-order valence-corrected chi connectivity index (χ0v) is 32.8. The Morgan fingerprint density at radius 3 is 1.80 bits per heavy atom. The van der Waals surface area contributed by atoms with Gasteiger partial charge in [0, 0.05) is 31.3 Å². The number of thiazole rings is 1. The van der Waals surface area contributed by atoms with Gasteiger partial charge >= 0.3 is 0 Å². The molecule has 1 aromatic heterocycles. The molecule has 3 aliphatic heterocycles. The fourth-order valence-electron chi connectivity index (χ4n) is 7.73. The van der Waals surface area contributed by atoms with E-state index in [0.717, 1.165) is 11.1 Å². The monoisotopic (exact) mass is 785 g/mol. The molecule has 0 saturated carbocycles. The highest BCUT2D eigenvalue weighted by atomic mass is 32.1. The molecule has 14 nitrogen and oxygen atoms in total. The van der Waals surface area contributed by atoms with Gasteiger partial charge in [0.1, 0.15) is 40.9 Å². The van der Waals surface area contributed by atoms with E-state index in [2.05, 4.69) is 26.3 Å². The summed E-state index contributed by atoms with van der Waals surface area (Å²) < 4.78 is 0. The molecule has 56 heavy (non-hydrogen) atoms. The minimum atomic E-state index is -1.46. The van der Waals surface area contributed by atoms with Gasteiger partial charge in [-0.05, 0) is 49.7 Å². The number of aliphatic hydroxyl groups excluding tert-OH is 1. The van der Waals surface area contributed by atoms with Crippen LogP contribution in [0.3, 0.4) is 0 Å². The van der Waals surface area contributed by atoms with Gasteiger partial charge in [0.05, 0.1) is 12.1 Å². The van der Waals surface area contributed by atoms with Crippen molar-refractivity contribution in [3.63, 3.8) is 0 Å². The predicted octanol–water partition coefficient (Wildman–Crippen LogP) is 2.28.